The van der Waals surface area contributed by atoms with Gasteiger partial charge in [0.2, 0.25) is 5.83 Å². The number of cyclic esters (lactones) is 1. The van der Waals surface area contributed by atoms with Gasteiger partial charge in [-0.2, -0.15) is 9.07 Å². The summed E-state index contributed by atoms with van der Waals surface area (Å²) in [5, 5.41) is 22.0. The zero-order valence-electron chi connectivity index (χ0n) is 18.7. The Morgan fingerprint density at radius 1 is 1.18 bits per heavy atom. The molecular weight excluding hydrogens is 429 g/mol. The van der Waals surface area contributed by atoms with Gasteiger partial charge in [0.1, 0.15) is 12.9 Å². The number of piperidine rings is 2. The largest absolute Gasteiger partial charge is 0.454 e. The minimum Gasteiger partial charge on any atom is -0.454 e. The monoisotopic (exact) mass is 457 g/mol. The summed E-state index contributed by atoms with van der Waals surface area (Å²) in [6, 6.07) is 3.69. The molecule has 0 radical (unpaired) electrons. The van der Waals surface area contributed by atoms with E-state index in [1.54, 1.807) is 0 Å². The first-order valence-electron chi connectivity index (χ1n) is 11.4. The second kappa shape index (κ2) is 8.79. The predicted molar refractivity (Wildman–Crippen MR) is 115 cm³/mol. The van der Waals surface area contributed by atoms with Crippen molar-refractivity contribution in [3.8, 4) is 5.82 Å². The Hall–Kier alpha value is -2.92. The molecular formula is C22H28FN7O3. The standard InChI is InChI=1S/C22H28FN7O3/c1-15-16(2-3-19(25-15)30-14-24-26-27-30)18(31)12-28-8-4-22(5-9-28)6-10-29(11-7-22)17-13-33-21(32)20(17)23/h2-3,14,18,31H,4-13H2,1H3. The molecule has 1 unspecified atom stereocenters. The van der Waals surface area contributed by atoms with E-state index in [1.165, 1.54) is 11.0 Å². The van der Waals surface area contributed by atoms with Crippen molar-refractivity contribution in [3.63, 3.8) is 0 Å². The fourth-order valence-electron chi connectivity index (χ4n) is 5.22. The van der Waals surface area contributed by atoms with Crippen LogP contribution < -0.4 is 0 Å². The molecule has 5 heterocycles. The fourth-order valence-corrected chi connectivity index (χ4v) is 5.22. The van der Waals surface area contributed by atoms with Crippen LogP contribution in [-0.4, -0.2) is 85.4 Å². The second-order valence-electron chi connectivity index (χ2n) is 9.24. The van der Waals surface area contributed by atoms with Gasteiger partial charge in [0, 0.05) is 30.9 Å². The van der Waals surface area contributed by atoms with Crippen LogP contribution >= 0.6 is 0 Å². The molecule has 1 spiro atoms. The Morgan fingerprint density at radius 3 is 2.52 bits per heavy atom. The molecule has 0 bridgehead atoms. The Balaban J connectivity index is 1.14. The van der Waals surface area contributed by atoms with Gasteiger partial charge in [-0.25, -0.2) is 9.78 Å². The molecule has 0 aliphatic carbocycles. The normalized spacial score (nSPS) is 22.2. The van der Waals surface area contributed by atoms with Crippen LogP contribution in [-0.2, 0) is 9.53 Å². The Morgan fingerprint density at radius 2 is 1.91 bits per heavy atom. The number of ether oxygens (including phenoxy) is 1. The smallest absolute Gasteiger partial charge is 0.369 e. The van der Waals surface area contributed by atoms with Crippen LogP contribution in [0.5, 0.6) is 0 Å². The highest BCUT2D eigenvalue weighted by Gasteiger charge is 2.40. The highest BCUT2D eigenvalue weighted by molar-refractivity contribution is 5.89. The van der Waals surface area contributed by atoms with E-state index >= 15 is 0 Å². The topological polar surface area (TPSA) is 109 Å². The van der Waals surface area contributed by atoms with Crippen molar-refractivity contribution in [1.82, 2.24) is 35.0 Å². The molecule has 2 saturated heterocycles. The summed E-state index contributed by atoms with van der Waals surface area (Å²) >= 11 is 0. The maximum Gasteiger partial charge on any atom is 0.369 e. The van der Waals surface area contributed by atoms with E-state index in [0.29, 0.717) is 18.1 Å². The highest BCUT2D eigenvalue weighted by Crippen LogP contribution is 2.42. The molecule has 3 aliphatic heterocycles. The van der Waals surface area contributed by atoms with E-state index in [0.717, 1.165) is 63.1 Å². The van der Waals surface area contributed by atoms with Gasteiger partial charge in [0.25, 0.3) is 0 Å². The highest BCUT2D eigenvalue weighted by atomic mass is 19.1. The minimum absolute atomic E-state index is 0.0499. The predicted octanol–water partition coefficient (Wildman–Crippen LogP) is 1.32. The van der Waals surface area contributed by atoms with Crippen molar-refractivity contribution < 1.29 is 19.0 Å². The van der Waals surface area contributed by atoms with Gasteiger partial charge in [-0.05, 0) is 67.6 Å². The number of aryl methyl sites for hydroxylation is 1. The molecule has 2 aromatic rings. The molecule has 1 N–H and O–H groups in total. The quantitative estimate of drug-likeness (QED) is 0.665. The number of aliphatic hydroxyl groups excluding tert-OH is 1. The van der Waals surface area contributed by atoms with E-state index in [9.17, 15) is 14.3 Å². The number of carbonyl (C=O) groups is 1. The lowest BCUT2D eigenvalue weighted by Gasteiger charge is -2.47. The van der Waals surface area contributed by atoms with Crippen LogP contribution in [0.15, 0.2) is 30.0 Å². The van der Waals surface area contributed by atoms with Crippen LogP contribution in [0.3, 0.4) is 0 Å². The van der Waals surface area contributed by atoms with Gasteiger partial charge < -0.3 is 19.6 Å². The summed E-state index contributed by atoms with van der Waals surface area (Å²) in [7, 11) is 0. The average molecular weight is 458 g/mol. The first kappa shape index (κ1) is 21.9. The average Bonchev–Trinajstić information content (AvgIpc) is 3.47. The summed E-state index contributed by atoms with van der Waals surface area (Å²) in [5.41, 5.74) is 2.23. The Labute approximate surface area is 191 Å². The van der Waals surface area contributed by atoms with Crippen LogP contribution in [0, 0.1) is 12.3 Å². The maximum absolute atomic E-state index is 14.0. The molecule has 33 heavy (non-hydrogen) atoms. The molecule has 0 aromatic carbocycles. The molecule has 2 fully saturated rings. The summed E-state index contributed by atoms with van der Waals surface area (Å²) in [4.78, 5) is 20.1. The van der Waals surface area contributed by atoms with E-state index in [4.69, 9.17) is 4.74 Å². The molecule has 1 atom stereocenters. The number of β-amino-alcohol motifs (C(OH)–C–C–N with tert-alkyl or cyclic N) is 1. The maximum atomic E-state index is 14.0. The van der Waals surface area contributed by atoms with Crippen LogP contribution in [0.25, 0.3) is 5.82 Å². The zero-order chi connectivity index (χ0) is 23.0. The van der Waals surface area contributed by atoms with E-state index in [1.807, 2.05) is 24.0 Å². The number of pyridine rings is 1. The number of nitrogens with zero attached hydrogens (tertiary/aromatic N) is 7. The van der Waals surface area contributed by atoms with E-state index in [-0.39, 0.29) is 12.0 Å². The first-order valence-corrected chi connectivity index (χ1v) is 11.4. The van der Waals surface area contributed by atoms with Crippen LogP contribution in [0.1, 0.15) is 43.0 Å². The number of hydrogen-bond acceptors (Lipinski definition) is 9. The van der Waals surface area contributed by atoms with Crippen LogP contribution in [0.2, 0.25) is 0 Å². The van der Waals surface area contributed by atoms with Crippen molar-refractivity contribution in [2.45, 2.75) is 38.7 Å². The molecule has 0 saturated carbocycles. The van der Waals surface area contributed by atoms with Gasteiger partial charge >= 0.3 is 5.97 Å². The summed E-state index contributed by atoms with van der Waals surface area (Å²) < 4.78 is 20.3. The SMILES string of the molecule is Cc1nc(-n2cnnn2)ccc1C(O)CN1CCC2(CC1)CCN(C1=C(F)C(=O)OC1)CC2. The van der Waals surface area contributed by atoms with Crippen molar-refractivity contribution in [2.24, 2.45) is 5.41 Å². The van der Waals surface area contributed by atoms with Gasteiger partial charge in [0.05, 0.1) is 11.8 Å². The summed E-state index contributed by atoms with van der Waals surface area (Å²) in [5.74, 6) is -0.956. The molecule has 0 amide bonds. The van der Waals surface area contributed by atoms with Crippen molar-refractivity contribution in [3.05, 3.63) is 41.2 Å². The third-order valence-corrected chi connectivity index (χ3v) is 7.38. The number of tetrazole rings is 1. The first-order chi connectivity index (χ1) is 15.9. The number of rotatable bonds is 5. The molecule has 3 aliphatic rings. The van der Waals surface area contributed by atoms with Gasteiger partial charge in [-0.15, -0.1) is 5.10 Å². The number of halogens is 1. The third-order valence-electron chi connectivity index (χ3n) is 7.38. The number of aliphatic hydroxyl groups is 1. The molecule has 10 nitrogen and oxygen atoms in total. The van der Waals surface area contributed by atoms with E-state index < -0.39 is 17.9 Å². The van der Waals surface area contributed by atoms with Crippen LogP contribution in [0.4, 0.5) is 4.39 Å². The van der Waals surface area contributed by atoms with Gasteiger partial charge in [0.15, 0.2) is 5.82 Å². The lowest BCUT2D eigenvalue weighted by atomic mass is 9.71. The number of esters is 1. The van der Waals surface area contributed by atoms with Crippen molar-refractivity contribution in [2.75, 3.05) is 39.3 Å². The lowest BCUT2D eigenvalue weighted by molar-refractivity contribution is -0.137. The lowest BCUT2D eigenvalue weighted by Crippen LogP contribution is -2.47. The number of hydrogen-bond donors (Lipinski definition) is 1. The number of aromatic nitrogens is 5. The second-order valence-corrected chi connectivity index (χ2v) is 9.24. The van der Waals surface area contributed by atoms with Gasteiger partial charge in [-0.1, -0.05) is 6.07 Å². The van der Waals surface area contributed by atoms with Crippen molar-refractivity contribution >= 4 is 5.97 Å². The zero-order valence-corrected chi connectivity index (χ0v) is 18.7. The third kappa shape index (κ3) is 4.34. The fraction of sp³-hybridized carbons (Fsp3) is 0.591. The summed E-state index contributed by atoms with van der Waals surface area (Å²) in [6.07, 6.45) is 4.94. The Kier molecular flexibility index (Phi) is 5.83. The molecule has 11 heteroatoms. The Bertz CT molecular complexity index is 1040. The van der Waals surface area contributed by atoms with Crippen molar-refractivity contribution in [1.29, 1.82) is 0 Å². The molecule has 176 valence electrons. The number of carbonyl (C=O) groups excluding carboxylic acids is 1. The minimum atomic E-state index is -0.840. The van der Waals surface area contributed by atoms with E-state index in [2.05, 4.69) is 25.4 Å². The van der Waals surface area contributed by atoms with Gasteiger partial charge in [-0.3, -0.25) is 0 Å². The molecule has 5 rings (SSSR count). The molecule has 2 aromatic heterocycles. The number of likely N-dealkylation sites (tertiary alicyclic amines) is 2. The summed E-state index contributed by atoms with van der Waals surface area (Å²) in [6.45, 7) is 5.84.